The van der Waals surface area contributed by atoms with Crippen molar-refractivity contribution in [1.82, 2.24) is 4.90 Å². The third-order valence-corrected chi connectivity index (χ3v) is 7.25. The Labute approximate surface area is 234 Å². The van der Waals surface area contributed by atoms with Crippen molar-refractivity contribution in [3.05, 3.63) is 99.6 Å². The van der Waals surface area contributed by atoms with Crippen LogP contribution in [0.3, 0.4) is 0 Å². The fourth-order valence-electron chi connectivity index (χ4n) is 4.74. The zero-order valence-corrected chi connectivity index (χ0v) is 23.7. The van der Waals surface area contributed by atoms with Crippen LogP contribution in [0.1, 0.15) is 56.0 Å². The molecule has 7 heteroatoms. The first-order chi connectivity index (χ1) is 18.5. The first-order valence-corrected chi connectivity index (χ1v) is 13.4. The number of halogens is 1. The van der Waals surface area contributed by atoms with Crippen LogP contribution in [0.25, 0.3) is 5.76 Å². The van der Waals surface area contributed by atoms with Gasteiger partial charge in [-0.15, -0.1) is 0 Å². The third-order valence-electron chi connectivity index (χ3n) is 6.94. The predicted octanol–water partition coefficient (Wildman–Crippen LogP) is 6.71. The second-order valence-corrected chi connectivity index (χ2v) is 10.9. The molecule has 0 saturated carbocycles. The van der Waals surface area contributed by atoms with E-state index in [1.54, 1.807) is 30.2 Å². The van der Waals surface area contributed by atoms with Crippen molar-refractivity contribution < 1.29 is 24.2 Å². The SMILES string of the molecule is CCOc1cc(/C(O)=C2/C(=O)C(=O)N(CCc3ccc(OC)cc3)C2c2ccc(C(C)(C)C)cc2)ccc1Cl. The number of carbonyl (C=O) groups excluding carboxylic acids is 2. The molecule has 0 aromatic heterocycles. The van der Waals surface area contributed by atoms with Gasteiger partial charge in [0.2, 0.25) is 0 Å². The molecule has 1 atom stereocenters. The van der Waals surface area contributed by atoms with Crippen molar-refractivity contribution >= 4 is 29.1 Å². The van der Waals surface area contributed by atoms with E-state index in [4.69, 9.17) is 21.1 Å². The molecule has 1 fully saturated rings. The molecule has 1 N–H and O–H groups in total. The molecule has 4 rings (SSSR count). The van der Waals surface area contributed by atoms with Crippen molar-refractivity contribution in [3.63, 3.8) is 0 Å². The average Bonchev–Trinajstić information content (AvgIpc) is 3.17. The molecule has 0 aliphatic carbocycles. The first kappa shape index (κ1) is 28.2. The zero-order valence-electron chi connectivity index (χ0n) is 23.0. The van der Waals surface area contributed by atoms with E-state index >= 15 is 0 Å². The summed E-state index contributed by atoms with van der Waals surface area (Å²) in [5.41, 5.74) is 3.21. The van der Waals surface area contributed by atoms with Crippen LogP contribution in [-0.4, -0.2) is 42.0 Å². The van der Waals surface area contributed by atoms with Crippen molar-refractivity contribution in [3.8, 4) is 11.5 Å². The molecular weight excluding hydrogens is 514 g/mol. The minimum absolute atomic E-state index is 0.0445. The Morgan fingerprint density at radius 1 is 1.00 bits per heavy atom. The largest absolute Gasteiger partial charge is 0.507 e. The number of benzene rings is 3. The Balaban J connectivity index is 1.78. The van der Waals surface area contributed by atoms with Crippen LogP contribution in [0.2, 0.25) is 5.02 Å². The number of rotatable bonds is 8. The van der Waals surface area contributed by atoms with Crippen LogP contribution in [-0.2, 0) is 21.4 Å². The molecule has 1 unspecified atom stereocenters. The normalized spacial score (nSPS) is 17.0. The molecule has 1 aliphatic heterocycles. The van der Waals surface area contributed by atoms with E-state index in [9.17, 15) is 14.7 Å². The molecule has 1 amide bonds. The number of aliphatic hydroxyl groups excluding tert-OH is 1. The minimum Gasteiger partial charge on any atom is -0.507 e. The molecule has 204 valence electrons. The summed E-state index contributed by atoms with van der Waals surface area (Å²) in [6.07, 6.45) is 0.531. The standard InChI is InChI=1S/C32H34ClNO5/c1-6-39-26-19-22(11-16-25(26)33)29(35)27-28(21-9-12-23(13-10-21)32(2,3)4)34(31(37)30(27)36)18-17-20-7-14-24(38-5)15-8-20/h7-16,19,28,35H,6,17-18H2,1-5H3/b29-27-. The number of Topliss-reactive ketones (excluding diaryl/α,β-unsaturated/α-hetero) is 1. The summed E-state index contributed by atoms with van der Waals surface area (Å²) in [6, 6.07) is 19.5. The Bertz CT molecular complexity index is 1390. The van der Waals surface area contributed by atoms with E-state index in [0.717, 1.165) is 22.4 Å². The molecule has 3 aromatic carbocycles. The smallest absolute Gasteiger partial charge is 0.295 e. The number of methoxy groups -OCH3 is 1. The number of nitrogens with zero attached hydrogens (tertiary/aromatic N) is 1. The number of aliphatic hydroxyl groups is 1. The van der Waals surface area contributed by atoms with E-state index in [0.29, 0.717) is 35.9 Å². The molecular formula is C32H34ClNO5. The predicted molar refractivity (Wildman–Crippen MR) is 153 cm³/mol. The highest BCUT2D eigenvalue weighted by Crippen LogP contribution is 2.41. The Morgan fingerprint density at radius 2 is 1.67 bits per heavy atom. The fourth-order valence-corrected chi connectivity index (χ4v) is 4.91. The lowest BCUT2D eigenvalue weighted by molar-refractivity contribution is -0.139. The molecule has 0 bridgehead atoms. The summed E-state index contributed by atoms with van der Waals surface area (Å²) >= 11 is 6.25. The maximum Gasteiger partial charge on any atom is 0.295 e. The van der Waals surface area contributed by atoms with E-state index in [-0.39, 0.29) is 16.7 Å². The van der Waals surface area contributed by atoms with Crippen molar-refractivity contribution in [2.45, 2.75) is 45.6 Å². The van der Waals surface area contributed by atoms with Crippen molar-refractivity contribution in [2.75, 3.05) is 20.3 Å². The monoisotopic (exact) mass is 547 g/mol. The minimum atomic E-state index is -0.747. The summed E-state index contributed by atoms with van der Waals surface area (Å²) < 4.78 is 10.8. The number of ether oxygens (including phenoxy) is 2. The maximum atomic E-state index is 13.4. The van der Waals surface area contributed by atoms with Gasteiger partial charge in [0.15, 0.2) is 0 Å². The quantitative estimate of drug-likeness (QED) is 0.193. The highest BCUT2D eigenvalue weighted by molar-refractivity contribution is 6.46. The molecule has 3 aromatic rings. The van der Waals surface area contributed by atoms with Gasteiger partial charge in [0.1, 0.15) is 17.3 Å². The van der Waals surface area contributed by atoms with Crippen molar-refractivity contribution in [1.29, 1.82) is 0 Å². The van der Waals surface area contributed by atoms with Crippen LogP contribution in [0.4, 0.5) is 0 Å². The Hall–Kier alpha value is -3.77. The summed E-state index contributed by atoms with van der Waals surface area (Å²) in [4.78, 5) is 28.3. The summed E-state index contributed by atoms with van der Waals surface area (Å²) in [5, 5.41) is 11.8. The van der Waals surface area contributed by atoms with Gasteiger partial charge in [-0.05, 0) is 65.8 Å². The van der Waals surface area contributed by atoms with E-state index < -0.39 is 17.7 Å². The average molecular weight is 548 g/mol. The number of carbonyl (C=O) groups is 2. The van der Waals surface area contributed by atoms with Gasteiger partial charge in [-0.1, -0.05) is 68.8 Å². The van der Waals surface area contributed by atoms with Crippen LogP contribution in [0, 0.1) is 0 Å². The molecule has 1 saturated heterocycles. The third kappa shape index (κ3) is 5.96. The highest BCUT2D eigenvalue weighted by Gasteiger charge is 2.46. The van der Waals surface area contributed by atoms with E-state index in [1.165, 1.54) is 0 Å². The molecule has 1 heterocycles. The molecule has 6 nitrogen and oxygen atoms in total. The summed E-state index contributed by atoms with van der Waals surface area (Å²) in [5.74, 6) is -0.493. The second-order valence-electron chi connectivity index (χ2n) is 10.5. The molecule has 0 spiro atoms. The lowest BCUT2D eigenvalue weighted by Gasteiger charge is -2.26. The van der Waals surface area contributed by atoms with Gasteiger partial charge in [0.05, 0.1) is 30.4 Å². The molecule has 1 aliphatic rings. The number of amides is 1. The molecule has 39 heavy (non-hydrogen) atoms. The Kier molecular flexibility index (Phi) is 8.36. The van der Waals surface area contributed by atoms with Gasteiger partial charge >= 0.3 is 0 Å². The number of hydrogen-bond acceptors (Lipinski definition) is 5. The maximum absolute atomic E-state index is 13.4. The highest BCUT2D eigenvalue weighted by atomic mass is 35.5. The lowest BCUT2D eigenvalue weighted by atomic mass is 9.85. The van der Waals surface area contributed by atoms with Gasteiger partial charge in [-0.3, -0.25) is 9.59 Å². The first-order valence-electron chi connectivity index (χ1n) is 13.0. The zero-order chi connectivity index (χ0) is 28.3. The van der Waals surface area contributed by atoms with E-state index in [1.807, 2.05) is 55.5 Å². The van der Waals surface area contributed by atoms with Crippen LogP contribution < -0.4 is 9.47 Å². The number of likely N-dealkylation sites (tertiary alicyclic amines) is 1. The van der Waals surface area contributed by atoms with Gasteiger partial charge in [0, 0.05) is 12.1 Å². The van der Waals surface area contributed by atoms with Crippen LogP contribution in [0.15, 0.2) is 72.3 Å². The summed E-state index contributed by atoms with van der Waals surface area (Å²) in [6.45, 7) is 8.89. The van der Waals surface area contributed by atoms with Gasteiger partial charge < -0.3 is 19.5 Å². The summed E-state index contributed by atoms with van der Waals surface area (Å²) in [7, 11) is 1.61. The van der Waals surface area contributed by atoms with Gasteiger partial charge in [0.25, 0.3) is 11.7 Å². The van der Waals surface area contributed by atoms with Gasteiger partial charge in [-0.25, -0.2) is 0 Å². The van der Waals surface area contributed by atoms with Crippen LogP contribution in [0.5, 0.6) is 11.5 Å². The van der Waals surface area contributed by atoms with Gasteiger partial charge in [-0.2, -0.15) is 0 Å². The topological polar surface area (TPSA) is 76.1 Å². The lowest BCUT2D eigenvalue weighted by Crippen LogP contribution is -2.31. The number of ketones is 1. The Morgan fingerprint density at radius 3 is 2.26 bits per heavy atom. The second kappa shape index (κ2) is 11.5. The number of hydrogen-bond donors (Lipinski definition) is 1. The van der Waals surface area contributed by atoms with Crippen LogP contribution >= 0.6 is 11.6 Å². The fraction of sp³-hybridized carbons (Fsp3) is 0.312. The van der Waals surface area contributed by atoms with E-state index in [2.05, 4.69) is 20.8 Å². The molecule has 0 radical (unpaired) electrons. The van der Waals surface area contributed by atoms with Crippen molar-refractivity contribution in [2.24, 2.45) is 0 Å².